The molecule has 1 amide bonds. The fourth-order valence-electron chi connectivity index (χ4n) is 2.33. The van der Waals surface area contributed by atoms with E-state index < -0.39 is 0 Å². The molecule has 130 valence electrons. The number of benzene rings is 1. The van der Waals surface area contributed by atoms with Gasteiger partial charge in [-0.3, -0.25) is 4.79 Å². The third kappa shape index (κ3) is 4.78. The highest BCUT2D eigenvalue weighted by Gasteiger charge is 2.11. The molecule has 0 aliphatic heterocycles. The SMILES string of the molecule is O=C(CCSc1ncnc2sc(-c3ccccc3)cc12)NCCCO. The zero-order chi connectivity index (χ0) is 17.5. The normalized spacial score (nSPS) is 10.9. The summed E-state index contributed by atoms with van der Waals surface area (Å²) in [5.74, 6) is 0.662. The Morgan fingerprint density at radius 2 is 2.08 bits per heavy atom. The third-order valence-electron chi connectivity index (χ3n) is 3.58. The highest BCUT2D eigenvalue weighted by Crippen LogP contribution is 2.36. The van der Waals surface area contributed by atoms with Crippen LogP contribution in [0.4, 0.5) is 0 Å². The Morgan fingerprint density at radius 3 is 2.88 bits per heavy atom. The van der Waals surface area contributed by atoms with Gasteiger partial charge in [0.05, 0.1) is 0 Å². The first-order valence-corrected chi connectivity index (χ1v) is 9.88. The largest absolute Gasteiger partial charge is 0.396 e. The van der Waals surface area contributed by atoms with E-state index in [4.69, 9.17) is 5.11 Å². The second kappa shape index (κ2) is 8.94. The predicted molar refractivity (Wildman–Crippen MR) is 103 cm³/mol. The number of aromatic nitrogens is 2. The number of thioether (sulfide) groups is 1. The molecule has 0 spiro atoms. The molecule has 2 N–H and O–H groups in total. The summed E-state index contributed by atoms with van der Waals surface area (Å²) in [5, 5.41) is 13.5. The lowest BCUT2D eigenvalue weighted by Crippen LogP contribution is -2.25. The minimum atomic E-state index is 0.00143. The monoisotopic (exact) mass is 373 g/mol. The van der Waals surface area contributed by atoms with Crippen molar-refractivity contribution in [1.29, 1.82) is 0 Å². The van der Waals surface area contributed by atoms with Gasteiger partial charge in [-0.05, 0) is 18.1 Å². The number of aliphatic hydroxyl groups is 1. The minimum Gasteiger partial charge on any atom is -0.396 e. The van der Waals surface area contributed by atoms with Crippen LogP contribution in [0.1, 0.15) is 12.8 Å². The average Bonchev–Trinajstić information content (AvgIpc) is 3.08. The van der Waals surface area contributed by atoms with Crippen LogP contribution in [0.3, 0.4) is 0 Å². The van der Waals surface area contributed by atoms with Crippen LogP contribution in [0.25, 0.3) is 20.7 Å². The van der Waals surface area contributed by atoms with E-state index in [0.29, 0.717) is 25.1 Å². The number of rotatable bonds is 8. The van der Waals surface area contributed by atoms with Crippen LogP contribution >= 0.6 is 23.1 Å². The number of thiophene rings is 1. The van der Waals surface area contributed by atoms with E-state index in [0.717, 1.165) is 15.2 Å². The molecule has 0 saturated carbocycles. The molecule has 0 radical (unpaired) electrons. The molecule has 25 heavy (non-hydrogen) atoms. The maximum Gasteiger partial charge on any atom is 0.220 e. The number of hydrogen-bond donors (Lipinski definition) is 2. The van der Waals surface area contributed by atoms with Crippen LogP contribution in [0.15, 0.2) is 47.8 Å². The van der Waals surface area contributed by atoms with Gasteiger partial charge >= 0.3 is 0 Å². The number of amides is 1. The molecule has 0 saturated heterocycles. The van der Waals surface area contributed by atoms with Crippen molar-refractivity contribution in [2.45, 2.75) is 17.9 Å². The van der Waals surface area contributed by atoms with Gasteiger partial charge in [-0.15, -0.1) is 23.1 Å². The van der Waals surface area contributed by atoms with Crippen molar-refractivity contribution in [3.63, 3.8) is 0 Å². The molecular formula is C18H19N3O2S2. The van der Waals surface area contributed by atoms with Gasteiger partial charge in [0.15, 0.2) is 0 Å². The van der Waals surface area contributed by atoms with Crippen molar-refractivity contribution in [1.82, 2.24) is 15.3 Å². The quantitative estimate of drug-likeness (QED) is 0.360. The first kappa shape index (κ1) is 17.8. The fourth-order valence-corrected chi connectivity index (χ4v) is 4.31. The number of fused-ring (bicyclic) bond motifs is 1. The summed E-state index contributed by atoms with van der Waals surface area (Å²) in [4.78, 5) is 22.6. The molecule has 0 bridgehead atoms. The van der Waals surface area contributed by atoms with Crippen LogP contribution in [0.5, 0.6) is 0 Å². The molecule has 2 aromatic heterocycles. The molecule has 0 fully saturated rings. The van der Waals surface area contributed by atoms with Crippen LogP contribution in [-0.4, -0.2) is 39.9 Å². The summed E-state index contributed by atoms with van der Waals surface area (Å²) in [6.07, 6.45) is 2.59. The second-order valence-electron chi connectivity index (χ2n) is 5.40. The molecule has 0 unspecified atom stereocenters. The third-order valence-corrected chi connectivity index (χ3v) is 5.68. The number of aliphatic hydroxyl groups excluding tert-OH is 1. The predicted octanol–water partition coefficient (Wildman–Crippen LogP) is 3.34. The van der Waals surface area contributed by atoms with Crippen molar-refractivity contribution < 1.29 is 9.90 Å². The second-order valence-corrected chi connectivity index (χ2v) is 7.51. The number of nitrogens with one attached hydrogen (secondary N) is 1. The molecule has 0 aliphatic carbocycles. The highest BCUT2D eigenvalue weighted by atomic mass is 32.2. The summed E-state index contributed by atoms with van der Waals surface area (Å²) >= 11 is 3.22. The zero-order valence-corrected chi connectivity index (χ0v) is 15.3. The van der Waals surface area contributed by atoms with E-state index in [-0.39, 0.29) is 12.5 Å². The minimum absolute atomic E-state index is 0.00143. The van der Waals surface area contributed by atoms with Crippen LogP contribution in [0, 0.1) is 0 Å². The lowest BCUT2D eigenvalue weighted by Gasteiger charge is -2.04. The number of hydrogen-bond acceptors (Lipinski definition) is 6. The van der Waals surface area contributed by atoms with Crippen molar-refractivity contribution >= 4 is 39.2 Å². The average molecular weight is 374 g/mol. The Balaban J connectivity index is 1.66. The van der Waals surface area contributed by atoms with E-state index in [2.05, 4.69) is 33.5 Å². The standard InChI is InChI=1S/C18H19N3O2S2/c22-9-4-8-19-16(23)7-10-24-17-14-11-15(13-5-2-1-3-6-13)25-18(14)21-12-20-17/h1-3,5-6,11-12,22H,4,7-10H2,(H,19,23). The van der Waals surface area contributed by atoms with Crippen molar-refractivity contribution in [2.24, 2.45) is 0 Å². The van der Waals surface area contributed by atoms with Crippen molar-refractivity contribution in [2.75, 3.05) is 18.9 Å². The number of carbonyl (C=O) groups is 1. The van der Waals surface area contributed by atoms with Crippen LogP contribution in [-0.2, 0) is 4.79 Å². The van der Waals surface area contributed by atoms with E-state index in [1.807, 2.05) is 18.2 Å². The molecule has 0 aliphatic rings. The maximum absolute atomic E-state index is 11.7. The lowest BCUT2D eigenvalue weighted by molar-refractivity contribution is -0.120. The van der Waals surface area contributed by atoms with Gasteiger partial charge in [-0.25, -0.2) is 9.97 Å². The fraction of sp³-hybridized carbons (Fsp3) is 0.278. The first-order valence-electron chi connectivity index (χ1n) is 8.08. The lowest BCUT2D eigenvalue weighted by atomic mass is 10.2. The van der Waals surface area contributed by atoms with E-state index >= 15 is 0 Å². The first-order chi connectivity index (χ1) is 12.3. The van der Waals surface area contributed by atoms with Gasteiger partial charge in [0.1, 0.15) is 16.2 Å². The summed E-state index contributed by atoms with van der Waals surface area (Å²) in [6.45, 7) is 0.610. The Labute approximate surface area is 154 Å². The topological polar surface area (TPSA) is 75.1 Å². The molecule has 1 aromatic carbocycles. The zero-order valence-electron chi connectivity index (χ0n) is 13.6. The number of carbonyl (C=O) groups excluding carboxylic acids is 1. The van der Waals surface area contributed by atoms with Crippen molar-refractivity contribution in [3.05, 3.63) is 42.7 Å². The molecule has 3 aromatic rings. The van der Waals surface area contributed by atoms with Gasteiger partial charge in [0.25, 0.3) is 0 Å². The van der Waals surface area contributed by atoms with Gasteiger partial charge in [-0.1, -0.05) is 30.3 Å². The molecular weight excluding hydrogens is 354 g/mol. The summed E-state index contributed by atoms with van der Waals surface area (Å²) in [5.41, 5.74) is 1.17. The van der Waals surface area contributed by atoms with E-state index in [1.54, 1.807) is 29.4 Å². The van der Waals surface area contributed by atoms with Crippen molar-refractivity contribution in [3.8, 4) is 10.4 Å². The molecule has 7 heteroatoms. The Kier molecular flexibility index (Phi) is 6.38. The van der Waals surface area contributed by atoms with Crippen LogP contribution in [0.2, 0.25) is 0 Å². The summed E-state index contributed by atoms with van der Waals surface area (Å²) in [7, 11) is 0. The van der Waals surface area contributed by atoms with E-state index in [9.17, 15) is 4.79 Å². The Hall–Kier alpha value is -1.96. The Morgan fingerprint density at radius 1 is 1.24 bits per heavy atom. The maximum atomic E-state index is 11.7. The van der Waals surface area contributed by atoms with Gasteiger partial charge in [0, 0.05) is 35.6 Å². The molecule has 3 rings (SSSR count). The Bertz CT molecular complexity index is 837. The number of nitrogens with zero attached hydrogens (tertiary/aromatic N) is 2. The summed E-state index contributed by atoms with van der Waals surface area (Å²) < 4.78 is 0. The molecule has 2 heterocycles. The summed E-state index contributed by atoms with van der Waals surface area (Å²) in [6, 6.07) is 12.3. The van der Waals surface area contributed by atoms with Gasteiger partial charge in [0.2, 0.25) is 5.91 Å². The van der Waals surface area contributed by atoms with Gasteiger partial charge in [-0.2, -0.15) is 0 Å². The van der Waals surface area contributed by atoms with Gasteiger partial charge < -0.3 is 10.4 Å². The molecule has 0 atom stereocenters. The highest BCUT2D eigenvalue weighted by molar-refractivity contribution is 7.99. The molecule has 5 nitrogen and oxygen atoms in total. The van der Waals surface area contributed by atoms with Crippen LogP contribution < -0.4 is 5.32 Å². The smallest absolute Gasteiger partial charge is 0.220 e. The van der Waals surface area contributed by atoms with E-state index in [1.165, 1.54) is 10.4 Å².